The molecule has 1 fully saturated rings. The monoisotopic (exact) mass is 266 g/mol. The van der Waals surface area contributed by atoms with Gasteiger partial charge in [-0.25, -0.2) is 0 Å². The summed E-state index contributed by atoms with van der Waals surface area (Å²) < 4.78 is 0. The van der Waals surface area contributed by atoms with Gasteiger partial charge in [-0.3, -0.25) is 4.79 Å². The second-order valence-electron chi connectivity index (χ2n) is 7.39. The normalized spacial score (nSPS) is 19.7. The highest BCUT2D eigenvalue weighted by atomic mass is 16.3. The van der Waals surface area contributed by atoms with E-state index in [1.54, 1.807) is 0 Å². The Bertz CT molecular complexity index is 317. The highest BCUT2D eigenvalue weighted by molar-refractivity contribution is 5.91. The van der Waals surface area contributed by atoms with Crippen LogP contribution in [0.1, 0.15) is 72.6 Å². The minimum Gasteiger partial charge on any atom is -0.512 e. The van der Waals surface area contributed by atoms with Crippen LogP contribution in [0.4, 0.5) is 0 Å². The molecule has 0 amide bonds. The molecule has 1 rings (SSSR count). The fraction of sp³-hybridized carbons (Fsp3) is 0.824. The Kier molecular flexibility index (Phi) is 6.09. The Morgan fingerprint density at radius 2 is 1.89 bits per heavy atom. The number of hydrogen-bond donors (Lipinski definition) is 1. The summed E-state index contributed by atoms with van der Waals surface area (Å²) in [5.74, 6) is 1.13. The molecular formula is C17H30O2. The van der Waals surface area contributed by atoms with Gasteiger partial charge in [-0.15, -0.1) is 0 Å². The van der Waals surface area contributed by atoms with Crippen molar-refractivity contribution in [2.24, 2.45) is 17.3 Å². The molecule has 2 heteroatoms. The number of hydrogen-bond acceptors (Lipinski definition) is 2. The zero-order chi connectivity index (χ0) is 14.5. The average Bonchev–Trinajstić information content (AvgIpc) is 2.78. The average molecular weight is 266 g/mol. The van der Waals surface area contributed by atoms with Crippen LogP contribution < -0.4 is 0 Å². The molecule has 0 aromatic carbocycles. The number of carbonyl (C=O) groups is 1. The third-order valence-electron chi connectivity index (χ3n) is 4.09. The molecule has 1 aliphatic rings. The Morgan fingerprint density at radius 3 is 2.42 bits per heavy atom. The van der Waals surface area contributed by atoms with Crippen molar-refractivity contribution >= 4 is 5.78 Å². The summed E-state index contributed by atoms with van der Waals surface area (Å²) in [6.07, 6.45) is 9.14. The Balaban J connectivity index is 2.38. The van der Waals surface area contributed by atoms with Gasteiger partial charge in [0, 0.05) is 18.4 Å². The van der Waals surface area contributed by atoms with Crippen LogP contribution in [0.3, 0.4) is 0 Å². The summed E-state index contributed by atoms with van der Waals surface area (Å²) in [4.78, 5) is 12.0. The maximum absolute atomic E-state index is 12.0. The Morgan fingerprint density at radius 1 is 1.32 bits per heavy atom. The van der Waals surface area contributed by atoms with E-state index in [-0.39, 0.29) is 22.9 Å². The quantitative estimate of drug-likeness (QED) is 0.540. The minimum absolute atomic E-state index is 0.0555. The predicted octanol–water partition coefficient (Wildman–Crippen LogP) is 5.04. The van der Waals surface area contributed by atoms with E-state index in [4.69, 9.17) is 0 Å². The number of ketones is 1. The minimum atomic E-state index is 0.0555. The number of allylic oxidation sites excluding steroid dienone is 2. The molecule has 0 aliphatic heterocycles. The zero-order valence-electron chi connectivity index (χ0n) is 13.0. The Labute approximate surface area is 118 Å². The SMILES string of the molecule is CC(CC1CCCC1)C(=O)/C=C(\O)CCC(C)(C)C. The van der Waals surface area contributed by atoms with Crippen molar-refractivity contribution in [2.75, 3.05) is 0 Å². The molecule has 110 valence electrons. The third kappa shape index (κ3) is 6.79. The van der Waals surface area contributed by atoms with Crippen LogP contribution in [0.15, 0.2) is 11.8 Å². The standard InChI is InChI=1S/C17H30O2/c1-13(11-14-7-5-6-8-14)16(19)12-15(18)9-10-17(2,3)4/h12-14,18H,5-11H2,1-4H3/b15-12-. The van der Waals surface area contributed by atoms with Crippen molar-refractivity contribution in [3.8, 4) is 0 Å². The predicted molar refractivity (Wildman–Crippen MR) is 80.1 cm³/mol. The van der Waals surface area contributed by atoms with Crippen LogP contribution in [0.5, 0.6) is 0 Å². The summed E-state index contributed by atoms with van der Waals surface area (Å²) in [6.45, 7) is 8.43. The van der Waals surface area contributed by atoms with Crippen molar-refractivity contribution in [3.63, 3.8) is 0 Å². The van der Waals surface area contributed by atoms with Crippen molar-refractivity contribution < 1.29 is 9.90 Å². The topological polar surface area (TPSA) is 37.3 Å². The van der Waals surface area contributed by atoms with Gasteiger partial charge in [0.15, 0.2) is 5.78 Å². The first-order valence-electron chi connectivity index (χ1n) is 7.71. The van der Waals surface area contributed by atoms with E-state index in [2.05, 4.69) is 20.8 Å². The molecule has 0 radical (unpaired) electrons. The van der Waals surface area contributed by atoms with Gasteiger partial charge in [-0.05, 0) is 24.2 Å². The summed E-state index contributed by atoms with van der Waals surface area (Å²) in [5, 5.41) is 9.83. The molecule has 1 saturated carbocycles. The molecule has 0 bridgehead atoms. The number of carbonyl (C=O) groups excluding carboxylic acids is 1. The summed E-state index contributed by atoms with van der Waals surface area (Å²) >= 11 is 0. The van der Waals surface area contributed by atoms with Gasteiger partial charge in [-0.2, -0.15) is 0 Å². The van der Waals surface area contributed by atoms with Gasteiger partial charge >= 0.3 is 0 Å². The first-order chi connectivity index (χ1) is 8.78. The first-order valence-corrected chi connectivity index (χ1v) is 7.71. The number of rotatable bonds is 6. The van der Waals surface area contributed by atoms with Gasteiger partial charge in [0.2, 0.25) is 0 Å². The van der Waals surface area contributed by atoms with Gasteiger partial charge in [0.1, 0.15) is 0 Å². The largest absolute Gasteiger partial charge is 0.512 e. The molecule has 1 unspecified atom stereocenters. The molecule has 0 aromatic heterocycles. The fourth-order valence-electron chi connectivity index (χ4n) is 2.74. The second-order valence-corrected chi connectivity index (χ2v) is 7.39. The van der Waals surface area contributed by atoms with E-state index < -0.39 is 0 Å². The van der Waals surface area contributed by atoms with Crippen LogP contribution in [-0.4, -0.2) is 10.9 Å². The maximum atomic E-state index is 12.0. The summed E-state index contributed by atoms with van der Waals surface area (Å²) in [6, 6.07) is 0. The van der Waals surface area contributed by atoms with Gasteiger partial charge in [-0.1, -0.05) is 53.4 Å². The van der Waals surface area contributed by atoms with Gasteiger partial charge in [0.25, 0.3) is 0 Å². The molecule has 0 heterocycles. The van der Waals surface area contributed by atoms with E-state index in [0.29, 0.717) is 6.42 Å². The van der Waals surface area contributed by atoms with Crippen molar-refractivity contribution in [3.05, 3.63) is 11.8 Å². The van der Waals surface area contributed by atoms with Crippen LogP contribution in [0.2, 0.25) is 0 Å². The molecule has 0 spiro atoms. The maximum Gasteiger partial charge on any atom is 0.161 e. The Hall–Kier alpha value is -0.790. The van der Waals surface area contributed by atoms with E-state index >= 15 is 0 Å². The van der Waals surface area contributed by atoms with Gasteiger partial charge < -0.3 is 5.11 Å². The second kappa shape index (κ2) is 7.12. The highest BCUT2D eigenvalue weighted by Crippen LogP contribution is 2.30. The van der Waals surface area contributed by atoms with Gasteiger partial charge in [0.05, 0.1) is 5.76 Å². The van der Waals surface area contributed by atoms with Crippen molar-refractivity contribution in [1.82, 2.24) is 0 Å². The lowest BCUT2D eigenvalue weighted by molar-refractivity contribution is -0.118. The molecule has 2 nitrogen and oxygen atoms in total. The zero-order valence-corrected chi connectivity index (χ0v) is 13.0. The van der Waals surface area contributed by atoms with Crippen LogP contribution in [-0.2, 0) is 4.79 Å². The molecule has 0 aromatic rings. The van der Waals surface area contributed by atoms with E-state index in [1.165, 1.54) is 31.8 Å². The lowest BCUT2D eigenvalue weighted by atomic mass is 9.89. The fourth-order valence-corrected chi connectivity index (χ4v) is 2.74. The van der Waals surface area contributed by atoms with Crippen molar-refractivity contribution in [1.29, 1.82) is 0 Å². The third-order valence-corrected chi connectivity index (χ3v) is 4.09. The van der Waals surface area contributed by atoms with Crippen LogP contribution in [0.25, 0.3) is 0 Å². The smallest absolute Gasteiger partial charge is 0.161 e. The molecule has 1 N–H and O–H groups in total. The molecule has 0 saturated heterocycles. The summed E-state index contributed by atoms with van der Waals surface area (Å²) in [7, 11) is 0. The lowest BCUT2D eigenvalue weighted by Crippen LogP contribution is -2.13. The van der Waals surface area contributed by atoms with Crippen LogP contribution >= 0.6 is 0 Å². The molecule has 1 aliphatic carbocycles. The number of aliphatic hydroxyl groups is 1. The highest BCUT2D eigenvalue weighted by Gasteiger charge is 2.21. The molecular weight excluding hydrogens is 236 g/mol. The van der Waals surface area contributed by atoms with Crippen molar-refractivity contribution in [2.45, 2.75) is 72.6 Å². The van der Waals surface area contributed by atoms with E-state index in [9.17, 15) is 9.90 Å². The lowest BCUT2D eigenvalue weighted by Gasteiger charge is -2.17. The summed E-state index contributed by atoms with van der Waals surface area (Å²) in [5.41, 5.74) is 0.195. The first kappa shape index (κ1) is 16.3. The van der Waals surface area contributed by atoms with E-state index in [0.717, 1.165) is 18.8 Å². The van der Waals surface area contributed by atoms with Crippen LogP contribution in [0, 0.1) is 17.3 Å². The van der Waals surface area contributed by atoms with E-state index in [1.807, 2.05) is 6.92 Å². The number of aliphatic hydroxyl groups excluding tert-OH is 1. The molecule has 1 atom stereocenters. The molecule has 19 heavy (non-hydrogen) atoms.